The molecule has 116 valence electrons. The van der Waals surface area contributed by atoms with Crippen LogP contribution in [0.3, 0.4) is 0 Å². The molecule has 0 amide bonds. The normalized spacial score (nSPS) is 10.2. The van der Waals surface area contributed by atoms with Crippen molar-refractivity contribution >= 4 is 34.6 Å². The van der Waals surface area contributed by atoms with E-state index >= 15 is 0 Å². The van der Waals surface area contributed by atoms with Crippen LogP contribution in [0, 0.1) is 0 Å². The first-order chi connectivity index (χ1) is 11.2. The van der Waals surface area contributed by atoms with Crippen molar-refractivity contribution in [3.63, 3.8) is 0 Å². The van der Waals surface area contributed by atoms with Crippen LogP contribution in [0.2, 0.25) is 5.02 Å². The van der Waals surface area contributed by atoms with Crippen molar-refractivity contribution in [3.8, 4) is 5.75 Å². The van der Waals surface area contributed by atoms with E-state index in [1.807, 2.05) is 54.6 Å². The second-order valence-electron chi connectivity index (χ2n) is 4.75. The predicted molar refractivity (Wildman–Crippen MR) is 93.0 cm³/mol. The molecule has 0 aliphatic rings. The molecular weight excluding hydrogens is 312 g/mol. The lowest BCUT2D eigenvalue weighted by Gasteiger charge is -2.11. The Morgan fingerprint density at radius 3 is 2.35 bits per heavy atom. The average molecular weight is 327 g/mol. The summed E-state index contributed by atoms with van der Waals surface area (Å²) in [5.74, 6) is 2.10. The van der Waals surface area contributed by atoms with E-state index in [4.69, 9.17) is 16.3 Å². The Bertz CT molecular complexity index is 793. The first-order valence-corrected chi connectivity index (χ1v) is 7.37. The highest BCUT2D eigenvalue weighted by molar-refractivity contribution is 6.30. The van der Waals surface area contributed by atoms with E-state index < -0.39 is 0 Å². The van der Waals surface area contributed by atoms with Crippen LogP contribution in [0.5, 0.6) is 5.75 Å². The Morgan fingerprint density at radius 2 is 1.61 bits per heavy atom. The first-order valence-electron chi connectivity index (χ1n) is 6.99. The van der Waals surface area contributed by atoms with Crippen molar-refractivity contribution < 1.29 is 4.74 Å². The molecule has 3 rings (SSSR count). The summed E-state index contributed by atoms with van der Waals surface area (Å²) in [6, 6.07) is 16.9. The van der Waals surface area contributed by atoms with Crippen LogP contribution in [-0.2, 0) is 0 Å². The zero-order chi connectivity index (χ0) is 16.1. The minimum atomic E-state index is 0.668. The van der Waals surface area contributed by atoms with Crippen molar-refractivity contribution in [3.05, 3.63) is 65.9 Å². The van der Waals surface area contributed by atoms with Gasteiger partial charge in [-0.3, -0.25) is 0 Å². The number of halogens is 1. The number of methoxy groups -OCH3 is 1. The van der Waals surface area contributed by atoms with Crippen LogP contribution in [0.4, 0.5) is 23.0 Å². The van der Waals surface area contributed by atoms with Gasteiger partial charge in [-0.05, 0) is 36.4 Å². The first kappa shape index (κ1) is 15.1. The van der Waals surface area contributed by atoms with Gasteiger partial charge >= 0.3 is 0 Å². The molecule has 0 unspecified atom stereocenters. The smallest absolute Gasteiger partial charge is 0.142 e. The summed E-state index contributed by atoms with van der Waals surface area (Å²) >= 11 is 5.88. The maximum atomic E-state index is 5.88. The lowest BCUT2D eigenvalue weighted by molar-refractivity contribution is 0.417. The van der Waals surface area contributed by atoms with Gasteiger partial charge in [-0.25, -0.2) is 9.97 Å². The number of aromatic nitrogens is 2. The molecule has 0 bridgehead atoms. The van der Waals surface area contributed by atoms with Crippen LogP contribution in [0.25, 0.3) is 0 Å². The van der Waals surface area contributed by atoms with Crippen molar-refractivity contribution in [2.24, 2.45) is 0 Å². The molecule has 1 heterocycles. The minimum Gasteiger partial charge on any atom is -0.495 e. The van der Waals surface area contributed by atoms with Gasteiger partial charge in [0.25, 0.3) is 0 Å². The molecule has 0 atom stereocenters. The third-order valence-corrected chi connectivity index (χ3v) is 3.41. The summed E-state index contributed by atoms with van der Waals surface area (Å²) in [6.07, 6.45) is 1.50. The zero-order valence-electron chi connectivity index (χ0n) is 12.5. The lowest BCUT2D eigenvalue weighted by Crippen LogP contribution is -1.99. The topological polar surface area (TPSA) is 59.1 Å². The summed E-state index contributed by atoms with van der Waals surface area (Å²) in [6.45, 7) is 0. The number of hydrogen-bond donors (Lipinski definition) is 2. The van der Waals surface area contributed by atoms with Gasteiger partial charge in [0.15, 0.2) is 0 Å². The largest absolute Gasteiger partial charge is 0.495 e. The molecule has 0 radical (unpaired) electrons. The van der Waals surface area contributed by atoms with Crippen molar-refractivity contribution in [1.29, 1.82) is 0 Å². The van der Waals surface area contributed by atoms with Gasteiger partial charge in [-0.1, -0.05) is 23.7 Å². The van der Waals surface area contributed by atoms with Gasteiger partial charge in [0, 0.05) is 16.8 Å². The van der Waals surface area contributed by atoms with E-state index in [1.54, 1.807) is 7.11 Å². The lowest BCUT2D eigenvalue weighted by atomic mass is 10.3. The molecular formula is C17H15ClN4O. The summed E-state index contributed by atoms with van der Waals surface area (Å²) < 4.78 is 5.32. The Kier molecular flexibility index (Phi) is 4.59. The standard InChI is InChI=1S/C17H15ClN4O/c1-23-15-5-3-2-4-14(15)22-17-10-16(19-11-20-17)21-13-8-6-12(18)7-9-13/h2-11H,1H3,(H2,19,20,21,22). The Hall–Kier alpha value is -2.79. The molecule has 0 aliphatic heterocycles. The highest BCUT2D eigenvalue weighted by Gasteiger charge is 2.04. The van der Waals surface area contributed by atoms with Gasteiger partial charge in [-0.2, -0.15) is 0 Å². The molecule has 0 spiro atoms. The van der Waals surface area contributed by atoms with Gasteiger partial charge in [0.1, 0.15) is 23.7 Å². The third-order valence-electron chi connectivity index (χ3n) is 3.15. The number of para-hydroxylation sites is 2. The van der Waals surface area contributed by atoms with E-state index in [0.29, 0.717) is 16.7 Å². The van der Waals surface area contributed by atoms with Crippen LogP contribution >= 0.6 is 11.6 Å². The fraction of sp³-hybridized carbons (Fsp3) is 0.0588. The van der Waals surface area contributed by atoms with Crippen LogP contribution in [-0.4, -0.2) is 17.1 Å². The van der Waals surface area contributed by atoms with E-state index in [0.717, 1.165) is 17.1 Å². The van der Waals surface area contributed by atoms with Crippen molar-refractivity contribution in [2.75, 3.05) is 17.7 Å². The average Bonchev–Trinajstić information content (AvgIpc) is 2.58. The number of rotatable bonds is 5. The monoisotopic (exact) mass is 326 g/mol. The summed E-state index contributed by atoms with van der Waals surface area (Å²) in [5, 5.41) is 7.12. The number of nitrogens with one attached hydrogen (secondary N) is 2. The molecule has 0 fully saturated rings. The summed E-state index contributed by atoms with van der Waals surface area (Å²) in [7, 11) is 1.63. The molecule has 23 heavy (non-hydrogen) atoms. The Morgan fingerprint density at radius 1 is 0.913 bits per heavy atom. The van der Waals surface area contributed by atoms with E-state index in [9.17, 15) is 0 Å². The predicted octanol–water partition coefficient (Wildman–Crippen LogP) is 4.63. The number of nitrogens with zero attached hydrogens (tertiary/aromatic N) is 2. The SMILES string of the molecule is COc1ccccc1Nc1cc(Nc2ccc(Cl)cc2)ncn1. The Balaban J connectivity index is 1.78. The number of benzene rings is 2. The quantitative estimate of drug-likeness (QED) is 0.716. The van der Waals surface area contributed by atoms with Gasteiger partial charge in [0.05, 0.1) is 12.8 Å². The highest BCUT2D eigenvalue weighted by Crippen LogP contribution is 2.27. The zero-order valence-corrected chi connectivity index (χ0v) is 13.2. The third kappa shape index (κ3) is 3.90. The molecule has 5 nitrogen and oxygen atoms in total. The minimum absolute atomic E-state index is 0.668. The van der Waals surface area contributed by atoms with E-state index in [1.165, 1.54) is 6.33 Å². The van der Waals surface area contributed by atoms with Crippen LogP contribution in [0.1, 0.15) is 0 Å². The van der Waals surface area contributed by atoms with Gasteiger partial charge in [-0.15, -0.1) is 0 Å². The molecule has 0 aliphatic carbocycles. The van der Waals surface area contributed by atoms with Crippen LogP contribution in [0.15, 0.2) is 60.9 Å². The molecule has 3 aromatic rings. The number of hydrogen-bond acceptors (Lipinski definition) is 5. The van der Waals surface area contributed by atoms with E-state index in [-0.39, 0.29) is 0 Å². The molecule has 1 aromatic heterocycles. The molecule has 6 heteroatoms. The van der Waals surface area contributed by atoms with Gasteiger partial charge < -0.3 is 15.4 Å². The fourth-order valence-electron chi connectivity index (χ4n) is 2.06. The molecule has 0 saturated carbocycles. The highest BCUT2D eigenvalue weighted by atomic mass is 35.5. The van der Waals surface area contributed by atoms with E-state index in [2.05, 4.69) is 20.6 Å². The second-order valence-corrected chi connectivity index (χ2v) is 5.18. The maximum Gasteiger partial charge on any atom is 0.142 e. The van der Waals surface area contributed by atoms with Gasteiger partial charge in [0.2, 0.25) is 0 Å². The second kappa shape index (κ2) is 6.98. The molecule has 2 aromatic carbocycles. The summed E-state index contributed by atoms with van der Waals surface area (Å²) in [4.78, 5) is 8.44. The Labute approximate surface area is 139 Å². The van der Waals surface area contributed by atoms with Crippen molar-refractivity contribution in [1.82, 2.24) is 9.97 Å². The molecule has 2 N–H and O–H groups in total. The summed E-state index contributed by atoms with van der Waals surface area (Å²) in [5.41, 5.74) is 1.74. The fourth-order valence-corrected chi connectivity index (χ4v) is 2.19. The molecule has 0 saturated heterocycles. The maximum absolute atomic E-state index is 5.88. The number of ether oxygens (including phenoxy) is 1. The van der Waals surface area contributed by atoms with Crippen molar-refractivity contribution in [2.45, 2.75) is 0 Å². The van der Waals surface area contributed by atoms with Crippen LogP contribution < -0.4 is 15.4 Å². The number of anilines is 4.